The van der Waals surface area contributed by atoms with E-state index in [1.54, 1.807) is 19.2 Å². The van der Waals surface area contributed by atoms with Gasteiger partial charge in [-0.05, 0) is 50.1 Å². The Hall–Kier alpha value is -1.87. The van der Waals surface area contributed by atoms with Crippen molar-refractivity contribution in [3.63, 3.8) is 0 Å². The molecular formula is C15H17NO2. The van der Waals surface area contributed by atoms with E-state index in [4.69, 9.17) is 4.74 Å². The first-order valence-corrected chi connectivity index (χ1v) is 5.96. The third-order valence-corrected chi connectivity index (χ3v) is 2.97. The maximum atomic E-state index is 9.38. The number of nitrogens with zero attached hydrogens (tertiary/aromatic N) is 1. The summed E-state index contributed by atoms with van der Waals surface area (Å²) in [6, 6.07) is 9.54. The van der Waals surface area contributed by atoms with E-state index < -0.39 is 6.10 Å². The van der Waals surface area contributed by atoms with Gasteiger partial charge in [-0.25, -0.2) is 0 Å². The van der Waals surface area contributed by atoms with Gasteiger partial charge in [0.25, 0.3) is 0 Å². The largest absolute Gasteiger partial charge is 0.455 e. The zero-order chi connectivity index (χ0) is 13.1. The Morgan fingerprint density at radius 1 is 1.17 bits per heavy atom. The van der Waals surface area contributed by atoms with Gasteiger partial charge in [-0.2, -0.15) is 0 Å². The Morgan fingerprint density at radius 3 is 2.56 bits per heavy atom. The molecule has 3 heteroatoms. The first kappa shape index (κ1) is 12.6. The third-order valence-electron chi connectivity index (χ3n) is 2.97. The van der Waals surface area contributed by atoms with Crippen molar-refractivity contribution in [1.29, 1.82) is 0 Å². The maximum Gasteiger partial charge on any atom is 0.145 e. The van der Waals surface area contributed by atoms with E-state index in [1.165, 1.54) is 5.56 Å². The summed E-state index contributed by atoms with van der Waals surface area (Å²) in [5.74, 6) is 1.51. The van der Waals surface area contributed by atoms with Crippen LogP contribution in [0.3, 0.4) is 0 Å². The first-order chi connectivity index (χ1) is 8.58. The van der Waals surface area contributed by atoms with E-state index in [2.05, 4.69) is 18.0 Å². The molecule has 0 unspecified atom stereocenters. The Balaban J connectivity index is 2.21. The van der Waals surface area contributed by atoms with Crippen LogP contribution in [0.4, 0.5) is 0 Å². The molecule has 1 heterocycles. The number of rotatable bonds is 3. The van der Waals surface area contributed by atoms with Gasteiger partial charge in [0, 0.05) is 0 Å². The Bertz CT molecular complexity index is 533. The van der Waals surface area contributed by atoms with Gasteiger partial charge in [-0.1, -0.05) is 12.1 Å². The standard InChI is InChI=1S/C15H17NO2/c1-10-5-4-6-15(11(10)2)18-13-7-8-14(12(3)17)16-9-13/h4-9,12,17H,1-3H3/t12-/m1/s1. The molecule has 0 fully saturated rings. The van der Waals surface area contributed by atoms with E-state index in [0.717, 1.165) is 11.3 Å². The minimum Gasteiger partial charge on any atom is -0.455 e. The number of aromatic nitrogens is 1. The third kappa shape index (κ3) is 2.68. The van der Waals surface area contributed by atoms with Crippen LogP contribution in [-0.4, -0.2) is 10.1 Å². The molecule has 2 rings (SSSR count). The summed E-state index contributed by atoms with van der Waals surface area (Å²) in [6.45, 7) is 5.77. The summed E-state index contributed by atoms with van der Waals surface area (Å²) < 4.78 is 5.78. The number of hydrogen-bond acceptors (Lipinski definition) is 3. The molecule has 0 aliphatic heterocycles. The molecular weight excluding hydrogens is 226 g/mol. The highest BCUT2D eigenvalue weighted by Crippen LogP contribution is 2.26. The molecule has 0 saturated carbocycles. The summed E-state index contributed by atoms with van der Waals surface area (Å²) in [5, 5.41) is 9.38. The molecule has 1 N–H and O–H groups in total. The van der Waals surface area contributed by atoms with Crippen molar-refractivity contribution in [3.8, 4) is 11.5 Å². The van der Waals surface area contributed by atoms with Crippen LogP contribution in [0, 0.1) is 13.8 Å². The van der Waals surface area contributed by atoms with Gasteiger partial charge in [0.1, 0.15) is 11.5 Å². The highest BCUT2D eigenvalue weighted by molar-refractivity contribution is 5.41. The molecule has 0 radical (unpaired) electrons. The first-order valence-electron chi connectivity index (χ1n) is 5.96. The van der Waals surface area contributed by atoms with Crippen LogP contribution in [0.15, 0.2) is 36.5 Å². The van der Waals surface area contributed by atoms with Crippen LogP contribution in [0.1, 0.15) is 29.8 Å². The monoisotopic (exact) mass is 243 g/mol. The van der Waals surface area contributed by atoms with Crippen LogP contribution in [0.2, 0.25) is 0 Å². The Morgan fingerprint density at radius 2 is 1.94 bits per heavy atom. The topological polar surface area (TPSA) is 42.4 Å². The van der Waals surface area contributed by atoms with Crippen LogP contribution in [0.5, 0.6) is 11.5 Å². The zero-order valence-electron chi connectivity index (χ0n) is 10.8. The lowest BCUT2D eigenvalue weighted by atomic mass is 10.1. The molecule has 3 nitrogen and oxygen atoms in total. The van der Waals surface area contributed by atoms with Gasteiger partial charge in [0.15, 0.2) is 0 Å². The van der Waals surface area contributed by atoms with E-state index in [1.807, 2.05) is 25.1 Å². The van der Waals surface area contributed by atoms with Crippen molar-refractivity contribution in [3.05, 3.63) is 53.3 Å². The van der Waals surface area contributed by atoms with E-state index in [9.17, 15) is 5.11 Å². The van der Waals surface area contributed by atoms with Crippen molar-refractivity contribution in [2.24, 2.45) is 0 Å². The Kier molecular flexibility index (Phi) is 3.63. The molecule has 18 heavy (non-hydrogen) atoms. The lowest BCUT2D eigenvalue weighted by Crippen LogP contribution is -1.96. The van der Waals surface area contributed by atoms with Gasteiger partial charge in [0.2, 0.25) is 0 Å². The van der Waals surface area contributed by atoms with E-state index >= 15 is 0 Å². The van der Waals surface area contributed by atoms with Crippen LogP contribution >= 0.6 is 0 Å². The second kappa shape index (κ2) is 5.19. The predicted molar refractivity (Wildman–Crippen MR) is 70.9 cm³/mol. The number of aryl methyl sites for hydroxylation is 1. The lowest BCUT2D eigenvalue weighted by Gasteiger charge is -2.11. The highest BCUT2D eigenvalue weighted by Gasteiger charge is 2.05. The van der Waals surface area contributed by atoms with Crippen LogP contribution in [-0.2, 0) is 0 Å². The number of ether oxygens (including phenoxy) is 1. The number of pyridine rings is 1. The van der Waals surface area contributed by atoms with Crippen molar-refractivity contribution in [1.82, 2.24) is 4.98 Å². The van der Waals surface area contributed by atoms with Gasteiger partial charge >= 0.3 is 0 Å². The minimum atomic E-state index is -0.556. The Labute approximate surface area is 107 Å². The summed E-state index contributed by atoms with van der Waals surface area (Å²) in [6.07, 6.45) is 1.07. The van der Waals surface area contributed by atoms with Crippen LogP contribution in [0.25, 0.3) is 0 Å². The van der Waals surface area contributed by atoms with Crippen molar-refractivity contribution >= 4 is 0 Å². The number of benzene rings is 1. The molecule has 0 aliphatic carbocycles. The quantitative estimate of drug-likeness (QED) is 0.896. The molecule has 94 valence electrons. The highest BCUT2D eigenvalue weighted by atomic mass is 16.5. The van der Waals surface area contributed by atoms with Crippen molar-refractivity contribution in [2.75, 3.05) is 0 Å². The average Bonchev–Trinajstić information content (AvgIpc) is 2.36. The second-order valence-electron chi connectivity index (χ2n) is 4.39. The molecule has 1 aromatic carbocycles. The SMILES string of the molecule is Cc1cccc(Oc2ccc([C@@H](C)O)nc2)c1C. The zero-order valence-corrected chi connectivity index (χ0v) is 10.8. The number of aliphatic hydroxyl groups excluding tert-OH is 1. The maximum absolute atomic E-state index is 9.38. The minimum absolute atomic E-state index is 0.556. The van der Waals surface area contributed by atoms with E-state index in [0.29, 0.717) is 11.4 Å². The summed E-state index contributed by atoms with van der Waals surface area (Å²) in [7, 11) is 0. The molecule has 1 atom stereocenters. The molecule has 2 aromatic rings. The lowest BCUT2D eigenvalue weighted by molar-refractivity contribution is 0.194. The molecule has 0 amide bonds. The van der Waals surface area contributed by atoms with E-state index in [-0.39, 0.29) is 0 Å². The predicted octanol–water partition coefficient (Wildman–Crippen LogP) is 3.54. The molecule has 1 aromatic heterocycles. The molecule has 0 spiro atoms. The fourth-order valence-corrected chi connectivity index (χ4v) is 1.66. The molecule has 0 aliphatic rings. The van der Waals surface area contributed by atoms with Crippen molar-refractivity contribution < 1.29 is 9.84 Å². The number of aliphatic hydroxyl groups is 1. The number of hydrogen-bond donors (Lipinski definition) is 1. The average molecular weight is 243 g/mol. The fourth-order valence-electron chi connectivity index (χ4n) is 1.66. The summed E-state index contributed by atoms with van der Waals surface area (Å²) in [5.41, 5.74) is 2.96. The van der Waals surface area contributed by atoms with Gasteiger partial charge in [-0.15, -0.1) is 0 Å². The molecule has 0 bridgehead atoms. The second-order valence-corrected chi connectivity index (χ2v) is 4.39. The summed E-state index contributed by atoms with van der Waals surface area (Å²) >= 11 is 0. The smallest absolute Gasteiger partial charge is 0.145 e. The van der Waals surface area contributed by atoms with Gasteiger partial charge in [-0.3, -0.25) is 4.98 Å². The van der Waals surface area contributed by atoms with Crippen molar-refractivity contribution in [2.45, 2.75) is 26.9 Å². The van der Waals surface area contributed by atoms with Gasteiger partial charge in [0.05, 0.1) is 18.0 Å². The summed E-state index contributed by atoms with van der Waals surface area (Å²) in [4.78, 5) is 4.15. The van der Waals surface area contributed by atoms with Crippen LogP contribution < -0.4 is 4.74 Å². The normalized spacial score (nSPS) is 12.2. The fraction of sp³-hybridized carbons (Fsp3) is 0.267. The van der Waals surface area contributed by atoms with Gasteiger partial charge < -0.3 is 9.84 Å². The molecule has 0 saturated heterocycles.